The molecule has 5 nitrogen and oxygen atoms in total. The summed E-state index contributed by atoms with van der Waals surface area (Å²) in [5.74, 6) is -0.958. The molecule has 2 heterocycles. The molecule has 2 N–H and O–H groups in total. The lowest BCUT2D eigenvalue weighted by molar-refractivity contribution is -0.113. The van der Waals surface area contributed by atoms with Crippen molar-refractivity contribution >= 4 is 45.3 Å². The minimum atomic E-state index is -0.418. The number of anilines is 1. The van der Waals surface area contributed by atoms with Gasteiger partial charge in [-0.2, -0.15) is 0 Å². The van der Waals surface area contributed by atoms with Crippen molar-refractivity contribution in [2.45, 2.75) is 5.03 Å². The lowest BCUT2D eigenvalue weighted by Crippen LogP contribution is -2.14. The second-order valence-electron chi connectivity index (χ2n) is 5.56. The number of aromatic nitrogens is 3. The number of carbonyl (C=O) groups is 1. The predicted octanol–water partition coefficient (Wildman–Crippen LogP) is 4.12. The van der Waals surface area contributed by atoms with E-state index in [2.05, 4.69) is 20.3 Å². The topological polar surface area (TPSA) is 70.7 Å². The molecule has 0 aliphatic carbocycles. The van der Waals surface area contributed by atoms with Crippen molar-refractivity contribution in [1.82, 2.24) is 15.0 Å². The molecule has 0 unspecified atom stereocenters. The summed E-state index contributed by atoms with van der Waals surface area (Å²) in [6, 6.07) is 10.1. The molecule has 0 aliphatic heterocycles. The van der Waals surface area contributed by atoms with Crippen molar-refractivity contribution in [2.75, 3.05) is 11.1 Å². The summed E-state index contributed by atoms with van der Waals surface area (Å²) in [5, 5.41) is 3.88. The smallest absolute Gasteiger partial charge is 0.234 e. The number of benzene rings is 2. The monoisotopic (exact) mass is 370 g/mol. The van der Waals surface area contributed by atoms with Crippen LogP contribution in [0.4, 0.5) is 14.5 Å². The molecule has 0 aliphatic rings. The third-order valence-electron chi connectivity index (χ3n) is 3.76. The fraction of sp³-hybridized carbons (Fsp3) is 0.0556. The summed E-state index contributed by atoms with van der Waals surface area (Å²) in [4.78, 5) is 23.7. The van der Waals surface area contributed by atoms with Gasteiger partial charge < -0.3 is 10.3 Å². The van der Waals surface area contributed by atoms with Crippen LogP contribution in [-0.2, 0) is 4.79 Å². The van der Waals surface area contributed by atoms with Gasteiger partial charge >= 0.3 is 0 Å². The second kappa shape index (κ2) is 6.72. The summed E-state index contributed by atoms with van der Waals surface area (Å²) >= 11 is 1.22. The molecule has 2 aromatic carbocycles. The molecule has 0 atom stereocenters. The number of halogens is 2. The summed E-state index contributed by atoms with van der Waals surface area (Å²) < 4.78 is 26.7. The number of H-pyrrole nitrogens is 1. The number of nitrogens with one attached hydrogen (secondary N) is 2. The molecule has 0 saturated heterocycles. The summed E-state index contributed by atoms with van der Waals surface area (Å²) in [5.41, 5.74) is 2.39. The lowest BCUT2D eigenvalue weighted by Gasteiger charge is -2.05. The van der Waals surface area contributed by atoms with Crippen LogP contribution in [-0.4, -0.2) is 26.6 Å². The van der Waals surface area contributed by atoms with Crippen LogP contribution in [0.5, 0.6) is 0 Å². The Kier molecular flexibility index (Phi) is 4.26. The quantitative estimate of drug-likeness (QED) is 0.419. The standard InChI is InChI=1S/C18H12F2N4OS/c19-10-2-1-3-12(6-10)23-15(25)8-26-18-17-16(21-9-22-18)13-7-11(20)4-5-14(13)24-17/h1-7,9,24H,8H2,(H,23,25). The molecule has 26 heavy (non-hydrogen) atoms. The Bertz CT molecular complexity index is 1130. The third-order valence-corrected chi connectivity index (χ3v) is 4.75. The Morgan fingerprint density at radius 3 is 2.81 bits per heavy atom. The first-order chi connectivity index (χ1) is 12.6. The number of amides is 1. The average molecular weight is 370 g/mol. The third kappa shape index (κ3) is 3.23. The summed E-state index contributed by atoms with van der Waals surface area (Å²) in [6.45, 7) is 0. The highest BCUT2D eigenvalue weighted by molar-refractivity contribution is 8.00. The zero-order chi connectivity index (χ0) is 18.1. The van der Waals surface area contributed by atoms with Gasteiger partial charge in [0.1, 0.15) is 28.5 Å². The van der Waals surface area contributed by atoms with Gasteiger partial charge in [-0.25, -0.2) is 18.7 Å². The highest BCUT2D eigenvalue weighted by atomic mass is 32.2. The number of hydrogen-bond donors (Lipinski definition) is 2. The molecular weight excluding hydrogens is 358 g/mol. The lowest BCUT2D eigenvalue weighted by atomic mass is 10.2. The number of fused-ring (bicyclic) bond motifs is 3. The molecule has 0 fully saturated rings. The summed E-state index contributed by atoms with van der Waals surface area (Å²) in [6.07, 6.45) is 1.38. The Balaban J connectivity index is 1.55. The van der Waals surface area contributed by atoms with Crippen LogP contribution in [0.15, 0.2) is 53.8 Å². The van der Waals surface area contributed by atoms with Crippen LogP contribution in [0.2, 0.25) is 0 Å². The van der Waals surface area contributed by atoms with Crippen LogP contribution in [0.25, 0.3) is 21.9 Å². The maximum Gasteiger partial charge on any atom is 0.234 e. The van der Waals surface area contributed by atoms with E-state index in [4.69, 9.17) is 0 Å². The molecule has 8 heteroatoms. The van der Waals surface area contributed by atoms with Crippen molar-refractivity contribution in [1.29, 1.82) is 0 Å². The van der Waals surface area contributed by atoms with Gasteiger partial charge in [0.25, 0.3) is 0 Å². The van der Waals surface area contributed by atoms with E-state index in [9.17, 15) is 13.6 Å². The van der Waals surface area contributed by atoms with Gasteiger partial charge in [-0.1, -0.05) is 17.8 Å². The molecule has 0 bridgehead atoms. The van der Waals surface area contributed by atoms with E-state index in [-0.39, 0.29) is 17.5 Å². The Labute approximate surface area is 150 Å². The van der Waals surface area contributed by atoms with E-state index in [1.54, 1.807) is 12.1 Å². The minimum absolute atomic E-state index is 0.0896. The fourth-order valence-corrected chi connectivity index (χ4v) is 3.40. The van der Waals surface area contributed by atoms with Gasteiger partial charge in [-0.05, 0) is 36.4 Å². The molecule has 4 aromatic rings. The average Bonchev–Trinajstić information content (AvgIpc) is 2.98. The van der Waals surface area contributed by atoms with Gasteiger partial charge in [-0.15, -0.1) is 0 Å². The maximum absolute atomic E-state index is 13.5. The first-order valence-electron chi connectivity index (χ1n) is 7.70. The number of thioether (sulfide) groups is 1. The van der Waals surface area contributed by atoms with Crippen LogP contribution in [0.3, 0.4) is 0 Å². The number of rotatable bonds is 4. The zero-order valence-electron chi connectivity index (χ0n) is 13.3. The molecular formula is C18H12F2N4OS. The van der Waals surface area contributed by atoms with Crippen LogP contribution < -0.4 is 5.32 Å². The predicted molar refractivity (Wildman–Crippen MR) is 97.1 cm³/mol. The van der Waals surface area contributed by atoms with Crippen LogP contribution >= 0.6 is 11.8 Å². The SMILES string of the molecule is O=C(CSc1ncnc2c1[nH]c1ccc(F)cc12)Nc1cccc(F)c1. The highest BCUT2D eigenvalue weighted by Crippen LogP contribution is 2.30. The van der Waals surface area contributed by atoms with Crippen molar-refractivity contribution in [3.63, 3.8) is 0 Å². The number of carbonyl (C=O) groups excluding carboxylic acids is 1. The van der Waals surface area contributed by atoms with E-state index in [0.717, 1.165) is 5.52 Å². The van der Waals surface area contributed by atoms with E-state index in [1.165, 1.54) is 48.4 Å². The molecule has 2 aromatic heterocycles. The van der Waals surface area contributed by atoms with Crippen LogP contribution in [0, 0.1) is 11.6 Å². The van der Waals surface area contributed by atoms with Crippen molar-refractivity contribution in [2.24, 2.45) is 0 Å². The van der Waals surface area contributed by atoms with E-state index >= 15 is 0 Å². The first kappa shape index (κ1) is 16.5. The van der Waals surface area contributed by atoms with Crippen molar-refractivity contribution < 1.29 is 13.6 Å². The number of hydrogen-bond acceptors (Lipinski definition) is 4. The van der Waals surface area contributed by atoms with E-state index in [1.807, 2.05) is 0 Å². The number of aromatic amines is 1. The van der Waals surface area contributed by atoms with Crippen molar-refractivity contribution in [3.05, 3.63) is 60.4 Å². The molecule has 1 amide bonds. The highest BCUT2D eigenvalue weighted by Gasteiger charge is 2.13. The molecule has 130 valence electrons. The van der Waals surface area contributed by atoms with Gasteiger partial charge in [-0.3, -0.25) is 4.79 Å². The zero-order valence-corrected chi connectivity index (χ0v) is 14.1. The van der Waals surface area contributed by atoms with E-state index in [0.29, 0.717) is 27.1 Å². The van der Waals surface area contributed by atoms with Crippen molar-refractivity contribution in [3.8, 4) is 0 Å². The Hall–Kier alpha value is -3.00. The summed E-state index contributed by atoms with van der Waals surface area (Å²) in [7, 11) is 0. The van der Waals surface area contributed by atoms with Gasteiger partial charge in [0.15, 0.2) is 0 Å². The molecule has 0 radical (unpaired) electrons. The van der Waals surface area contributed by atoms with Gasteiger partial charge in [0.05, 0.1) is 11.3 Å². The molecule has 0 spiro atoms. The molecule has 4 rings (SSSR count). The Morgan fingerprint density at radius 1 is 1.12 bits per heavy atom. The second-order valence-corrected chi connectivity index (χ2v) is 6.53. The number of nitrogens with zero attached hydrogens (tertiary/aromatic N) is 2. The van der Waals surface area contributed by atoms with E-state index < -0.39 is 5.82 Å². The molecule has 0 saturated carbocycles. The van der Waals surface area contributed by atoms with Gasteiger partial charge in [0.2, 0.25) is 5.91 Å². The Morgan fingerprint density at radius 2 is 1.96 bits per heavy atom. The first-order valence-corrected chi connectivity index (χ1v) is 8.69. The fourth-order valence-electron chi connectivity index (χ4n) is 2.65. The normalized spacial score (nSPS) is 11.2. The van der Waals surface area contributed by atoms with Crippen LogP contribution in [0.1, 0.15) is 0 Å². The maximum atomic E-state index is 13.5. The minimum Gasteiger partial charge on any atom is -0.351 e. The largest absolute Gasteiger partial charge is 0.351 e. The van der Waals surface area contributed by atoms with Gasteiger partial charge in [0, 0.05) is 16.6 Å².